The monoisotopic (exact) mass is 325 g/mol. The number of fused-ring (bicyclic) bond motifs is 1. The Kier molecular flexibility index (Phi) is 4.30. The fourth-order valence-electron chi connectivity index (χ4n) is 3.53. The van der Waals surface area contributed by atoms with Gasteiger partial charge in [0.2, 0.25) is 0 Å². The van der Waals surface area contributed by atoms with E-state index in [0.29, 0.717) is 6.04 Å². The Bertz CT molecular complexity index is 702. The van der Waals surface area contributed by atoms with E-state index in [9.17, 15) is 4.79 Å². The van der Waals surface area contributed by atoms with Gasteiger partial charge in [-0.1, -0.05) is 12.1 Å². The zero-order valence-corrected chi connectivity index (χ0v) is 13.8. The molecule has 0 spiro atoms. The molecule has 126 valence electrons. The number of carbonyl (C=O) groups is 1. The molecule has 1 amide bonds. The lowest BCUT2D eigenvalue weighted by atomic mass is 10.1. The van der Waals surface area contributed by atoms with Crippen LogP contribution in [0.2, 0.25) is 0 Å². The van der Waals surface area contributed by atoms with Crippen molar-refractivity contribution in [3.05, 3.63) is 47.5 Å². The summed E-state index contributed by atoms with van der Waals surface area (Å²) < 4.78 is 1.99. The Balaban J connectivity index is 1.32. The van der Waals surface area contributed by atoms with Gasteiger partial charge in [-0.2, -0.15) is 5.10 Å². The first-order valence-electron chi connectivity index (χ1n) is 8.78. The number of likely N-dealkylation sites (tertiary alicyclic amines) is 1. The van der Waals surface area contributed by atoms with Gasteiger partial charge in [0.05, 0.1) is 6.54 Å². The average Bonchev–Trinajstić information content (AvgIpc) is 3.31. The van der Waals surface area contributed by atoms with Gasteiger partial charge in [-0.15, -0.1) is 0 Å². The molecule has 6 nitrogen and oxygen atoms in total. The third kappa shape index (κ3) is 3.19. The standard InChI is InChI=1S/C18H23N5O/c24-18(22-9-1-2-10-22)15-5-3-14(4-6-15)11-19-16-7-8-17-20-13-21-23(17)12-16/h3-6,13,16,19H,1-2,7-12H2/t16-/m0/s1. The second-order valence-electron chi connectivity index (χ2n) is 6.67. The fourth-order valence-corrected chi connectivity index (χ4v) is 3.53. The van der Waals surface area contributed by atoms with Crippen molar-refractivity contribution in [2.24, 2.45) is 0 Å². The van der Waals surface area contributed by atoms with E-state index in [1.54, 1.807) is 6.33 Å². The van der Waals surface area contributed by atoms with E-state index in [0.717, 1.165) is 63.3 Å². The molecule has 2 aliphatic heterocycles. The van der Waals surface area contributed by atoms with E-state index >= 15 is 0 Å². The highest BCUT2D eigenvalue weighted by Crippen LogP contribution is 2.15. The molecule has 0 radical (unpaired) electrons. The fraction of sp³-hybridized carbons (Fsp3) is 0.500. The Morgan fingerprint density at radius 3 is 2.79 bits per heavy atom. The number of carbonyl (C=O) groups excluding carboxylic acids is 1. The van der Waals surface area contributed by atoms with Crippen LogP contribution in [0.25, 0.3) is 0 Å². The zero-order valence-electron chi connectivity index (χ0n) is 13.8. The predicted molar refractivity (Wildman–Crippen MR) is 90.6 cm³/mol. The molecule has 1 aromatic heterocycles. The molecule has 6 heteroatoms. The van der Waals surface area contributed by atoms with E-state index in [1.165, 1.54) is 5.56 Å². The number of nitrogens with zero attached hydrogens (tertiary/aromatic N) is 4. The number of rotatable bonds is 4. The van der Waals surface area contributed by atoms with Gasteiger partial charge in [0.15, 0.2) is 0 Å². The van der Waals surface area contributed by atoms with Gasteiger partial charge >= 0.3 is 0 Å². The van der Waals surface area contributed by atoms with E-state index in [2.05, 4.69) is 27.5 Å². The molecule has 3 heterocycles. The Morgan fingerprint density at radius 2 is 2.00 bits per heavy atom. The largest absolute Gasteiger partial charge is 0.339 e. The van der Waals surface area contributed by atoms with Crippen LogP contribution in [-0.4, -0.2) is 44.7 Å². The van der Waals surface area contributed by atoms with E-state index in [1.807, 2.05) is 21.7 Å². The summed E-state index contributed by atoms with van der Waals surface area (Å²) in [5.41, 5.74) is 2.00. The molecule has 0 unspecified atom stereocenters. The molecule has 24 heavy (non-hydrogen) atoms. The maximum Gasteiger partial charge on any atom is 0.253 e. The predicted octanol–water partition coefficient (Wildman–Crippen LogP) is 1.62. The molecule has 2 aromatic rings. The summed E-state index contributed by atoms with van der Waals surface area (Å²) in [6, 6.07) is 8.44. The van der Waals surface area contributed by atoms with Crippen molar-refractivity contribution in [1.82, 2.24) is 25.0 Å². The topological polar surface area (TPSA) is 63.1 Å². The highest BCUT2D eigenvalue weighted by molar-refractivity contribution is 5.94. The lowest BCUT2D eigenvalue weighted by Gasteiger charge is -2.23. The quantitative estimate of drug-likeness (QED) is 0.928. The Morgan fingerprint density at radius 1 is 1.21 bits per heavy atom. The molecule has 1 fully saturated rings. The lowest BCUT2D eigenvalue weighted by molar-refractivity contribution is 0.0793. The maximum absolute atomic E-state index is 12.3. The second-order valence-corrected chi connectivity index (χ2v) is 6.67. The summed E-state index contributed by atoms with van der Waals surface area (Å²) in [6.07, 6.45) is 5.95. The van der Waals surface area contributed by atoms with Gasteiger partial charge in [-0.25, -0.2) is 9.67 Å². The summed E-state index contributed by atoms with van der Waals surface area (Å²) in [6.45, 7) is 3.48. The van der Waals surface area contributed by atoms with Crippen LogP contribution < -0.4 is 5.32 Å². The lowest BCUT2D eigenvalue weighted by Crippen LogP contribution is -2.37. The summed E-state index contributed by atoms with van der Waals surface area (Å²) in [5, 5.41) is 7.84. The molecule has 1 N–H and O–H groups in total. The van der Waals surface area contributed by atoms with E-state index in [4.69, 9.17) is 0 Å². The number of hydrogen-bond donors (Lipinski definition) is 1. The van der Waals surface area contributed by atoms with E-state index < -0.39 is 0 Å². The highest BCUT2D eigenvalue weighted by atomic mass is 16.2. The summed E-state index contributed by atoms with van der Waals surface area (Å²) in [5.74, 6) is 1.25. The molecule has 1 atom stereocenters. The molecular formula is C18H23N5O. The SMILES string of the molecule is O=C(c1ccc(CN[C@H]2CCc3ncnn3C2)cc1)N1CCCC1. The van der Waals surface area contributed by atoms with Gasteiger partial charge in [-0.05, 0) is 37.0 Å². The van der Waals surface area contributed by atoms with Crippen molar-refractivity contribution in [2.75, 3.05) is 13.1 Å². The number of nitrogens with one attached hydrogen (secondary N) is 1. The van der Waals surface area contributed by atoms with Crippen molar-refractivity contribution in [3.63, 3.8) is 0 Å². The first-order chi connectivity index (χ1) is 11.8. The number of aromatic nitrogens is 3. The molecule has 2 aliphatic rings. The van der Waals surface area contributed by atoms with Gasteiger partial charge in [0.1, 0.15) is 12.2 Å². The minimum absolute atomic E-state index is 0.165. The summed E-state index contributed by atoms with van der Waals surface area (Å²) in [4.78, 5) is 18.6. The second kappa shape index (κ2) is 6.73. The molecule has 4 rings (SSSR count). The molecule has 1 saturated heterocycles. The first-order valence-corrected chi connectivity index (χ1v) is 8.78. The first kappa shape index (κ1) is 15.3. The van der Waals surface area contributed by atoms with Crippen LogP contribution >= 0.6 is 0 Å². The molecular weight excluding hydrogens is 302 g/mol. The summed E-state index contributed by atoms with van der Waals surface area (Å²) >= 11 is 0. The minimum atomic E-state index is 0.165. The Labute approximate surface area is 141 Å². The Hall–Kier alpha value is -2.21. The van der Waals surface area contributed by atoms with Crippen LogP contribution in [0.15, 0.2) is 30.6 Å². The van der Waals surface area contributed by atoms with Gasteiger partial charge < -0.3 is 10.2 Å². The van der Waals surface area contributed by atoms with Crippen LogP contribution in [0.3, 0.4) is 0 Å². The van der Waals surface area contributed by atoms with E-state index in [-0.39, 0.29) is 5.91 Å². The van der Waals surface area contributed by atoms with Crippen molar-refractivity contribution in [1.29, 1.82) is 0 Å². The molecule has 0 bridgehead atoms. The highest BCUT2D eigenvalue weighted by Gasteiger charge is 2.20. The maximum atomic E-state index is 12.3. The van der Waals surface area contributed by atoms with Crippen molar-refractivity contribution in [3.8, 4) is 0 Å². The number of aryl methyl sites for hydroxylation is 1. The van der Waals surface area contributed by atoms with Crippen molar-refractivity contribution < 1.29 is 4.79 Å². The third-order valence-corrected chi connectivity index (χ3v) is 4.99. The van der Waals surface area contributed by atoms with Crippen LogP contribution in [0.4, 0.5) is 0 Å². The van der Waals surface area contributed by atoms with Crippen molar-refractivity contribution >= 4 is 5.91 Å². The van der Waals surface area contributed by atoms with Crippen molar-refractivity contribution in [2.45, 2.75) is 44.8 Å². The van der Waals surface area contributed by atoms with Gasteiger partial charge in [0, 0.05) is 37.7 Å². The zero-order chi connectivity index (χ0) is 16.4. The number of hydrogen-bond acceptors (Lipinski definition) is 4. The molecule has 0 aliphatic carbocycles. The smallest absolute Gasteiger partial charge is 0.253 e. The van der Waals surface area contributed by atoms with Gasteiger partial charge in [0.25, 0.3) is 5.91 Å². The molecule has 1 aromatic carbocycles. The van der Waals surface area contributed by atoms with Crippen LogP contribution in [-0.2, 0) is 19.5 Å². The molecule has 0 saturated carbocycles. The summed E-state index contributed by atoms with van der Waals surface area (Å²) in [7, 11) is 0. The minimum Gasteiger partial charge on any atom is -0.339 e. The van der Waals surface area contributed by atoms with Crippen LogP contribution in [0, 0.1) is 0 Å². The number of benzene rings is 1. The number of amides is 1. The van der Waals surface area contributed by atoms with Crippen LogP contribution in [0.5, 0.6) is 0 Å². The average molecular weight is 325 g/mol. The van der Waals surface area contributed by atoms with Gasteiger partial charge in [-0.3, -0.25) is 4.79 Å². The van der Waals surface area contributed by atoms with Crippen LogP contribution in [0.1, 0.15) is 41.0 Å². The third-order valence-electron chi connectivity index (χ3n) is 4.99. The normalized spacial score (nSPS) is 20.2.